The van der Waals surface area contributed by atoms with Crippen LogP contribution in [0.4, 0.5) is 0 Å². The van der Waals surface area contributed by atoms with E-state index >= 15 is 9.59 Å². The van der Waals surface area contributed by atoms with E-state index in [0.29, 0.717) is 23.7 Å². The molecule has 4 aliphatic rings. The molecule has 0 spiro atoms. The minimum atomic E-state index is -2.62. The fourth-order valence-electron chi connectivity index (χ4n) is 11.2. The number of nitrogens with one attached hydrogen (secondary N) is 1. The summed E-state index contributed by atoms with van der Waals surface area (Å²) in [5.74, 6) is -6.66. The van der Waals surface area contributed by atoms with E-state index in [-0.39, 0.29) is 35.3 Å². The first-order valence-electron chi connectivity index (χ1n) is 23.2. The van der Waals surface area contributed by atoms with Crippen molar-refractivity contribution in [2.24, 2.45) is 16.7 Å². The van der Waals surface area contributed by atoms with Gasteiger partial charge in [0.15, 0.2) is 20.0 Å². The second-order valence-electron chi connectivity index (χ2n) is 18.9. The van der Waals surface area contributed by atoms with Gasteiger partial charge >= 0.3 is 17.9 Å². The Morgan fingerprint density at radius 1 is 0.879 bits per heavy atom. The summed E-state index contributed by atoms with van der Waals surface area (Å²) in [4.78, 5) is 87.3. The topological polar surface area (TPSA) is 201 Å². The zero-order chi connectivity index (χ0) is 48.7. The Hall–Kier alpha value is -5.32. The van der Waals surface area contributed by atoms with Crippen molar-refractivity contribution in [3.05, 3.63) is 119 Å². The number of rotatable bonds is 15. The summed E-state index contributed by atoms with van der Waals surface area (Å²) < 4.78 is 40.6. The van der Waals surface area contributed by atoms with Crippen LogP contribution in [0.2, 0.25) is 18.1 Å². The zero-order valence-corrected chi connectivity index (χ0v) is 39.8. The lowest BCUT2D eigenvalue weighted by Crippen LogP contribution is -2.82. The average molecular weight is 926 g/mol. The lowest BCUT2D eigenvalue weighted by Gasteiger charge is -2.67. The maximum atomic E-state index is 15.8. The van der Waals surface area contributed by atoms with E-state index in [2.05, 4.69) is 5.32 Å². The average Bonchev–Trinajstić information content (AvgIpc) is 3.32. The number of amides is 1. The fourth-order valence-corrected chi connectivity index (χ4v) is 14.1. The van der Waals surface area contributed by atoms with Gasteiger partial charge in [-0.05, 0) is 67.4 Å². The molecule has 1 heterocycles. The number of fused-ring (bicyclic) bond motifs is 5. The summed E-state index contributed by atoms with van der Waals surface area (Å²) >= 11 is 0. The van der Waals surface area contributed by atoms with E-state index in [1.165, 1.54) is 26.0 Å². The predicted octanol–water partition coefficient (Wildman–Crippen LogP) is 6.40. The van der Waals surface area contributed by atoms with Gasteiger partial charge in [-0.25, -0.2) is 9.59 Å². The molecule has 1 saturated heterocycles. The van der Waals surface area contributed by atoms with Gasteiger partial charge in [0.2, 0.25) is 13.0 Å². The summed E-state index contributed by atoms with van der Waals surface area (Å²) in [6.45, 7) is 13.3. The third-order valence-electron chi connectivity index (χ3n) is 15.3. The number of Topliss-reactive ketones (excluding diaryl/α,β-unsaturated/α-hetero) is 2. The van der Waals surface area contributed by atoms with Gasteiger partial charge in [-0.15, -0.1) is 0 Å². The summed E-state index contributed by atoms with van der Waals surface area (Å²) in [6, 6.07) is 25.5. The zero-order valence-electron chi connectivity index (χ0n) is 39.8. The smallest absolute Gasteiger partial charge is 0.338 e. The number of aliphatic hydroxyl groups excluding tert-OH is 1. The molecule has 3 N–H and O–H groups in total. The van der Waals surface area contributed by atoms with Crippen LogP contribution in [-0.4, -0.2) is 104 Å². The van der Waals surface area contributed by atoms with Crippen molar-refractivity contribution >= 4 is 43.7 Å². The normalized spacial score (nSPS) is 30.1. The number of benzene rings is 3. The van der Waals surface area contributed by atoms with Crippen molar-refractivity contribution in [2.75, 3.05) is 6.61 Å². The molecule has 3 aromatic rings. The van der Waals surface area contributed by atoms with Gasteiger partial charge in [0.05, 0.1) is 35.6 Å². The minimum Gasteiger partial charge on any atom is -0.456 e. The summed E-state index contributed by atoms with van der Waals surface area (Å²) in [5, 5.41) is 21.8. The standard InChI is InChI=1S/C51H61NO13Si/c1-9-66(10-2,11-3)65-36-27-37-50(29-61-37,64-31(5)53)42-44(63-46(58)34-25-19-14-20-26-34)51(60)28-35(30(4)38(48(51,6)7)40(54)43(56)49(36,42)8)62-47(59)41(55)39(32-21-15-12-16-22-32)52-45(57)33-23-17-13-18-24-33/h12-26,35-37,39,41-42,44,55,60H,9-11,27-29H2,1-8H3,(H,52,57)/t35-,36-,37+,39-,41+,42-,44-,49+,50-,51+/m0/s1/i55T. The van der Waals surface area contributed by atoms with Crippen LogP contribution in [0.15, 0.2) is 102 Å². The van der Waals surface area contributed by atoms with Crippen molar-refractivity contribution in [1.29, 1.82) is 1.43 Å². The number of ketones is 2. The van der Waals surface area contributed by atoms with Crippen molar-refractivity contribution in [1.82, 2.24) is 5.32 Å². The van der Waals surface area contributed by atoms with Crippen LogP contribution in [0, 0.1) is 16.7 Å². The van der Waals surface area contributed by atoms with E-state index in [4.69, 9.17) is 29.9 Å². The molecule has 14 nitrogen and oxygen atoms in total. The molecule has 0 radical (unpaired) electrons. The van der Waals surface area contributed by atoms with Gasteiger partial charge in [0, 0.05) is 36.3 Å². The molecule has 3 aliphatic carbocycles. The van der Waals surface area contributed by atoms with Crippen LogP contribution in [-0.2, 0) is 42.6 Å². The van der Waals surface area contributed by atoms with Gasteiger partial charge in [-0.2, -0.15) is 0 Å². The van der Waals surface area contributed by atoms with Gasteiger partial charge in [0.25, 0.3) is 5.91 Å². The van der Waals surface area contributed by atoms with Gasteiger partial charge < -0.3 is 38.9 Å². The molecule has 7 rings (SSSR count). The quantitative estimate of drug-likeness (QED) is 0.0655. The summed E-state index contributed by atoms with van der Waals surface area (Å²) in [6.07, 6.45) is -7.41. The lowest BCUT2D eigenvalue weighted by molar-refractivity contribution is -0.342. The third kappa shape index (κ3) is 8.05. The maximum Gasteiger partial charge on any atom is 0.338 e. The molecule has 352 valence electrons. The number of esters is 3. The minimum absolute atomic E-state index is 0.0609. The summed E-state index contributed by atoms with van der Waals surface area (Å²) in [5.41, 5.74) is -6.92. The molecule has 15 heteroatoms. The molecule has 3 aromatic carbocycles. The Morgan fingerprint density at radius 3 is 1.98 bits per heavy atom. The van der Waals surface area contributed by atoms with Gasteiger partial charge in [0.1, 0.15) is 23.9 Å². The number of ether oxygens (including phenoxy) is 4. The second-order valence-corrected chi connectivity index (χ2v) is 23.7. The molecular formula is C51H61NO13Si. The third-order valence-corrected chi connectivity index (χ3v) is 19.9. The van der Waals surface area contributed by atoms with Gasteiger partial charge in [-0.3, -0.25) is 19.2 Å². The van der Waals surface area contributed by atoms with E-state index in [9.17, 15) is 24.3 Å². The molecular weight excluding hydrogens is 863 g/mol. The Labute approximate surface area is 388 Å². The monoisotopic (exact) mass is 925 g/mol. The molecule has 0 aromatic heterocycles. The van der Waals surface area contributed by atoms with Crippen LogP contribution in [0.25, 0.3) is 0 Å². The van der Waals surface area contributed by atoms with Gasteiger partial charge in [-0.1, -0.05) is 101 Å². The number of hydrogen-bond donors (Lipinski definition) is 3. The number of hydrogen-bond acceptors (Lipinski definition) is 13. The molecule has 66 heavy (non-hydrogen) atoms. The van der Waals surface area contributed by atoms with E-state index in [1.54, 1.807) is 99.6 Å². The summed E-state index contributed by atoms with van der Waals surface area (Å²) in [7, 11) is -2.62. The molecule has 10 atom stereocenters. The Balaban J connectivity index is 1.41. The number of carbonyl (C=O) groups is 6. The Kier molecular flexibility index (Phi) is 13.2. The molecule has 2 saturated carbocycles. The maximum absolute atomic E-state index is 15.8. The Morgan fingerprint density at radius 2 is 1.45 bits per heavy atom. The van der Waals surface area contributed by atoms with Crippen molar-refractivity contribution in [3.63, 3.8) is 0 Å². The highest BCUT2D eigenvalue weighted by Gasteiger charge is 2.78. The highest BCUT2D eigenvalue weighted by molar-refractivity contribution is 6.73. The SMILES string of the molecule is [3H]O[C@@H](C(=O)O[C@H]1C[C@@]2(O)[C@@H](OC(=O)c3ccccc3)[C@@H]3[C@]4(OC(C)=O)CO[C@@H]4C[C@H](O[Si](CC)(CC)CC)[C@@]3(C)C(=O)C(=O)C(=C1C)C2(C)C)[C@@H](NC(=O)c1ccccc1)c1ccccc1. The highest BCUT2D eigenvalue weighted by atomic mass is 28.4. The second kappa shape index (κ2) is 18.4. The molecule has 3 fully saturated rings. The highest BCUT2D eigenvalue weighted by Crippen LogP contribution is 2.64. The van der Waals surface area contributed by atoms with Crippen molar-refractivity contribution in [2.45, 2.75) is 134 Å². The van der Waals surface area contributed by atoms with E-state index in [0.717, 1.165) is 0 Å². The first-order valence-corrected chi connectivity index (χ1v) is 25.3. The molecule has 0 unspecified atom stereocenters. The molecule has 1 aliphatic heterocycles. The van der Waals surface area contributed by atoms with Crippen LogP contribution in [0.5, 0.6) is 0 Å². The first-order chi connectivity index (χ1) is 31.8. The molecule has 2 bridgehead atoms. The molecule has 1 amide bonds. The van der Waals surface area contributed by atoms with Crippen LogP contribution in [0.1, 0.15) is 101 Å². The Bertz CT molecular complexity index is 2400. The van der Waals surface area contributed by atoms with Crippen molar-refractivity contribution in [3.8, 4) is 0 Å². The number of carbonyl (C=O) groups excluding carboxylic acids is 6. The van der Waals surface area contributed by atoms with Crippen LogP contribution < -0.4 is 5.32 Å². The predicted molar refractivity (Wildman–Crippen MR) is 243 cm³/mol. The largest absolute Gasteiger partial charge is 0.456 e. The number of aliphatic hydroxyl groups is 2. The van der Waals surface area contributed by atoms with Crippen LogP contribution >= 0.6 is 0 Å². The fraction of sp³-hybridized carbons (Fsp3) is 0.490. The van der Waals surface area contributed by atoms with E-state index in [1.807, 2.05) is 20.8 Å². The van der Waals surface area contributed by atoms with E-state index < -0.39 is 115 Å². The van der Waals surface area contributed by atoms with Crippen molar-refractivity contribution < 1.29 is 62.4 Å². The first kappa shape index (κ1) is 47.2. The lowest BCUT2D eigenvalue weighted by atomic mass is 9.45. The van der Waals surface area contributed by atoms with Crippen LogP contribution in [0.3, 0.4) is 0 Å².